The van der Waals surface area contributed by atoms with Gasteiger partial charge in [-0.2, -0.15) is 13.1 Å². The Hall–Kier alpha value is -0.390. The van der Waals surface area contributed by atoms with Crippen molar-refractivity contribution in [3.8, 4) is 0 Å². The molecular weight excluding hydrogens is 152 g/mol. The zero-order valence-electron chi connectivity index (χ0n) is 5.92. The van der Waals surface area contributed by atoms with Gasteiger partial charge in [0.05, 0.1) is 0 Å². The van der Waals surface area contributed by atoms with Crippen molar-refractivity contribution in [2.45, 2.75) is 6.92 Å². The SMILES string of the molecule is C=CCNS(=O)(=O)NCC. The lowest BCUT2D eigenvalue weighted by molar-refractivity contribution is 0.573. The summed E-state index contributed by atoms with van der Waals surface area (Å²) in [5.41, 5.74) is 0. The predicted octanol–water partition coefficient (Wildman–Crippen LogP) is -0.384. The first kappa shape index (κ1) is 9.61. The van der Waals surface area contributed by atoms with E-state index in [1.807, 2.05) is 0 Å². The Morgan fingerprint density at radius 2 is 2.10 bits per heavy atom. The van der Waals surface area contributed by atoms with Crippen molar-refractivity contribution in [2.24, 2.45) is 0 Å². The van der Waals surface area contributed by atoms with E-state index in [0.29, 0.717) is 6.54 Å². The van der Waals surface area contributed by atoms with Crippen LogP contribution in [0, 0.1) is 0 Å². The molecule has 2 N–H and O–H groups in total. The molecule has 0 saturated carbocycles. The maximum Gasteiger partial charge on any atom is 0.277 e. The Morgan fingerprint density at radius 3 is 2.50 bits per heavy atom. The molecule has 0 saturated heterocycles. The molecule has 0 aliphatic carbocycles. The van der Waals surface area contributed by atoms with Gasteiger partial charge in [-0.25, -0.2) is 4.72 Å². The van der Waals surface area contributed by atoms with E-state index in [2.05, 4.69) is 16.0 Å². The standard InChI is InChI=1S/C5H12N2O2S/c1-3-5-7-10(8,9)6-4-2/h3,6-7H,1,4-5H2,2H3. The number of hydrogen-bond acceptors (Lipinski definition) is 2. The van der Waals surface area contributed by atoms with Gasteiger partial charge in [0.2, 0.25) is 0 Å². The topological polar surface area (TPSA) is 58.2 Å². The molecular formula is C5H12N2O2S. The van der Waals surface area contributed by atoms with Gasteiger partial charge in [-0.1, -0.05) is 13.0 Å². The molecule has 60 valence electrons. The van der Waals surface area contributed by atoms with Crippen molar-refractivity contribution in [3.05, 3.63) is 12.7 Å². The van der Waals surface area contributed by atoms with Crippen molar-refractivity contribution in [3.63, 3.8) is 0 Å². The van der Waals surface area contributed by atoms with Crippen LogP contribution in [0.15, 0.2) is 12.7 Å². The first-order chi connectivity index (χ1) is 4.62. The van der Waals surface area contributed by atoms with Crippen LogP contribution in [-0.2, 0) is 10.2 Å². The van der Waals surface area contributed by atoms with Crippen molar-refractivity contribution in [1.29, 1.82) is 0 Å². The van der Waals surface area contributed by atoms with Crippen LogP contribution < -0.4 is 9.44 Å². The molecule has 0 aliphatic heterocycles. The summed E-state index contributed by atoms with van der Waals surface area (Å²) in [7, 11) is -3.27. The van der Waals surface area contributed by atoms with Crippen LogP contribution in [-0.4, -0.2) is 21.5 Å². The van der Waals surface area contributed by atoms with Crippen LogP contribution in [0.2, 0.25) is 0 Å². The zero-order valence-corrected chi connectivity index (χ0v) is 6.74. The average molecular weight is 164 g/mol. The molecule has 0 atom stereocenters. The van der Waals surface area contributed by atoms with Gasteiger partial charge in [-0.05, 0) is 0 Å². The number of rotatable bonds is 5. The Kier molecular flexibility index (Phi) is 4.26. The van der Waals surface area contributed by atoms with E-state index in [1.54, 1.807) is 6.92 Å². The quantitative estimate of drug-likeness (QED) is 0.544. The summed E-state index contributed by atoms with van der Waals surface area (Å²) in [6.45, 7) is 5.74. The lowest BCUT2D eigenvalue weighted by atomic mass is 10.7. The van der Waals surface area contributed by atoms with Crippen molar-refractivity contribution < 1.29 is 8.42 Å². The number of hydrogen-bond donors (Lipinski definition) is 2. The Morgan fingerprint density at radius 1 is 1.50 bits per heavy atom. The summed E-state index contributed by atoms with van der Waals surface area (Å²) >= 11 is 0. The van der Waals surface area contributed by atoms with Gasteiger partial charge in [0.25, 0.3) is 10.2 Å². The van der Waals surface area contributed by atoms with Crippen molar-refractivity contribution in [2.75, 3.05) is 13.1 Å². The van der Waals surface area contributed by atoms with Gasteiger partial charge in [0.1, 0.15) is 0 Å². The molecule has 0 aromatic rings. The Balaban J connectivity index is 3.76. The third-order valence-corrected chi connectivity index (χ3v) is 1.97. The molecule has 0 aromatic carbocycles. The van der Waals surface area contributed by atoms with Gasteiger partial charge in [-0.3, -0.25) is 0 Å². The normalized spacial score (nSPS) is 11.3. The molecule has 0 fully saturated rings. The molecule has 0 spiro atoms. The van der Waals surface area contributed by atoms with E-state index in [-0.39, 0.29) is 6.54 Å². The molecule has 0 bridgehead atoms. The summed E-state index contributed by atoms with van der Waals surface area (Å²) in [4.78, 5) is 0. The van der Waals surface area contributed by atoms with Crippen LogP contribution in [0.25, 0.3) is 0 Å². The minimum absolute atomic E-state index is 0.259. The highest BCUT2D eigenvalue weighted by molar-refractivity contribution is 7.87. The summed E-state index contributed by atoms with van der Waals surface area (Å²) < 4.78 is 26.0. The first-order valence-corrected chi connectivity index (χ1v) is 4.46. The smallest absolute Gasteiger partial charge is 0.203 e. The lowest BCUT2D eigenvalue weighted by Gasteiger charge is -2.02. The highest BCUT2D eigenvalue weighted by Gasteiger charge is 2.02. The van der Waals surface area contributed by atoms with E-state index in [4.69, 9.17) is 0 Å². The molecule has 0 rings (SSSR count). The van der Waals surface area contributed by atoms with Gasteiger partial charge >= 0.3 is 0 Å². The zero-order chi connectivity index (χ0) is 8.04. The second-order valence-corrected chi connectivity index (χ2v) is 3.22. The molecule has 0 aromatic heterocycles. The maximum atomic E-state index is 10.7. The van der Waals surface area contributed by atoms with Crippen LogP contribution in [0.3, 0.4) is 0 Å². The molecule has 0 aliphatic rings. The van der Waals surface area contributed by atoms with Crippen LogP contribution >= 0.6 is 0 Å². The Labute approximate surface area is 61.5 Å². The molecule has 0 amide bonds. The molecule has 0 radical (unpaired) electrons. The number of nitrogens with one attached hydrogen (secondary N) is 2. The molecule has 4 nitrogen and oxygen atoms in total. The minimum atomic E-state index is -3.27. The lowest BCUT2D eigenvalue weighted by Crippen LogP contribution is -2.36. The van der Waals surface area contributed by atoms with Crippen molar-refractivity contribution in [1.82, 2.24) is 9.44 Å². The Bertz CT molecular complexity index is 186. The van der Waals surface area contributed by atoms with E-state index >= 15 is 0 Å². The fourth-order valence-electron chi connectivity index (χ4n) is 0.410. The third kappa shape index (κ3) is 4.49. The molecule has 5 heteroatoms. The largest absolute Gasteiger partial charge is 0.277 e. The van der Waals surface area contributed by atoms with Gasteiger partial charge in [0.15, 0.2) is 0 Å². The summed E-state index contributed by atoms with van der Waals surface area (Å²) in [5.74, 6) is 0. The van der Waals surface area contributed by atoms with E-state index < -0.39 is 10.2 Å². The van der Waals surface area contributed by atoms with Crippen molar-refractivity contribution >= 4 is 10.2 Å². The van der Waals surface area contributed by atoms with Crippen LogP contribution in [0.5, 0.6) is 0 Å². The highest BCUT2D eigenvalue weighted by Crippen LogP contribution is 1.73. The molecule has 0 unspecified atom stereocenters. The monoisotopic (exact) mass is 164 g/mol. The summed E-state index contributed by atoms with van der Waals surface area (Å²) in [6, 6.07) is 0. The fraction of sp³-hybridized carbons (Fsp3) is 0.600. The molecule has 10 heavy (non-hydrogen) atoms. The van der Waals surface area contributed by atoms with Gasteiger partial charge in [0, 0.05) is 13.1 Å². The highest BCUT2D eigenvalue weighted by atomic mass is 32.2. The fourth-order valence-corrected chi connectivity index (χ4v) is 1.23. The van der Waals surface area contributed by atoms with Gasteiger partial charge in [-0.15, -0.1) is 6.58 Å². The third-order valence-electron chi connectivity index (χ3n) is 0.752. The summed E-state index contributed by atoms with van der Waals surface area (Å²) in [5, 5.41) is 0. The van der Waals surface area contributed by atoms with E-state index in [1.165, 1.54) is 6.08 Å². The van der Waals surface area contributed by atoms with Crippen LogP contribution in [0.1, 0.15) is 6.92 Å². The molecule has 0 heterocycles. The predicted molar refractivity (Wildman–Crippen MR) is 40.8 cm³/mol. The second-order valence-electron chi connectivity index (χ2n) is 1.64. The van der Waals surface area contributed by atoms with E-state index in [0.717, 1.165) is 0 Å². The maximum absolute atomic E-state index is 10.7. The van der Waals surface area contributed by atoms with Gasteiger partial charge < -0.3 is 0 Å². The van der Waals surface area contributed by atoms with E-state index in [9.17, 15) is 8.42 Å². The average Bonchev–Trinajstić information content (AvgIpc) is 1.84. The summed E-state index contributed by atoms with van der Waals surface area (Å²) in [6.07, 6.45) is 1.48. The first-order valence-electron chi connectivity index (χ1n) is 2.97. The minimum Gasteiger partial charge on any atom is -0.203 e. The second kappa shape index (κ2) is 4.43. The van der Waals surface area contributed by atoms with Crippen LogP contribution in [0.4, 0.5) is 0 Å².